The molecule has 0 spiro atoms. The van der Waals surface area contributed by atoms with Crippen LogP contribution in [-0.4, -0.2) is 40.9 Å². The number of aromatic amines is 2. The van der Waals surface area contributed by atoms with Crippen LogP contribution < -0.4 is 9.60 Å². The van der Waals surface area contributed by atoms with Crippen molar-refractivity contribution in [2.24, 2.45) is 9.98 Å². The maximum absolute atomic E-state index is 14.3. The highest BCUT2D eigenvalue weighted by molar-refractivity contribution is 7.07. The van der Waals surface area contributed by atoms with Crippen LogP contribution in [0.5, 0.6) is 0 Å². The number of thiazole rings is 2. The highest BCUT2D eigenvalue weighted by Crippen LogP contribution is 2.39. The van der Waals surface area contributed by atoms with Crippen LogP contribution in [-0.2, 0) is 9.59 Å². The molecule has 9 aromatic rings. The minimum Gasteiger partial charge on any atom is -0.355 e. The summed E-state index contributed by atoms with van der Waals surface area (Å²) in [7, 11) is 0. The lowest BCUT2D eigenvalue weighted by molar-refractivity contribution is -0.118. The van der Waals surface area contributed by atoms with Crippen molar-refractivity contribution < 1.29 is 9.59 Å². The Morgan fingerprint density at radius 2 is 0.910 bits per heavy atom. The van der Waals surface area contributed by atoms with Crippen LogP contribution in [0.4, 0.5) is 0 Å². The molecule has 11 rings (SSSR count). The van der Waals surface area contributed by atoms with Crippen LogP contribution in [0.15, 0.2) is 167 Å². The summed E-state index contributed by atoms with van der Waals surface area (Å²) in [6.45, 7) is 20.9. The molecule has 0 radical (unpaired) electrons. The van der Waals surface area contributed by atoms with E-state index in [1.807, 2.05) is 78.9 Å². The molecule has 2 N–H and O–H groups in total. The minimum atomic E-state index is -0.240. The summed E-state index contributed by atoms with van der Waals surface area (Å²) in [5, 5.41) is 4.14. The number of carbonyl (C=O) groups excluding carboxylic acids is 2. The second kappa shape index (κ2) is 21.7. The van der Waals surface area contributed by atoms with E-state index < -0.39 is 0 Å². The molecule has 0 saturated heterocycles. The zero-order chi connectivity index (χ0) is 54.2. The lowest BCUT2D eigenvalue weighted by Gasteiger charge is -2.12. The van der Waals surface area contributed by atoms with Gasteiger partial charge >= 0.3 is 0 Å². The molecule has 7 heterocycles. The number of nitrogens with zero attached hydrogens (tertiary/aromatic N) is 6. The molecule has 2 aliphatic heterocycles. The number of rotatable bonds is 12. The molecule has 78 heavy (non-hydrogen) atoms. The number of aromatic nitrogens is 6. The Morgan fingerprint density at radius 1 is 0.513 bits per heavy atom. The predicted octanol–water partition coefficient (Wildman–Crippen LogP) is 15.5. The number of carbonyl (C=O) groups is 2. The van der Waals surface area contributed by atoms with E-state index in [0.717, 1.165) is 123 Å². The highest BCUT2D eigenvalue weighted by atomic mass is 32.1. The molecule has 386 valence electrons. The second-order valence-electron chi connectivity index (χ2n) is 19.7. The van der Waals surface area contributed by atoms with Gasteiger partial charge in [0.05, 0.1) is 45.5 Å². The van der Waals surface area contributed by atoms with Gasteiger partial charge in [0.1, 0.15) is 0 Å². The summed E-state index contributed by atoms with van der Waals surface area (Å²) in [5.41, 5.74) is 22.4. The number of benzene rings is 4. The van der Waals surface area contributed by atoms with Gasteiger partial charge in [-0.3, -0.25) is 18.7 Å². The Hall–Kier alpha value is -8.84. The van der Waals surface area contributed by atoms with Gasteiger partial charge in [-0.15, -0.1) is 22.7 Å². The van der Waals surface area contributed by atoms with E-state index in [1.54, 1.807) is 0 Å². The van der Waals surface area contributed by atoms with Crippen LogP contribution in [0, 0.1) is 27.7 Å². The fraction of sp³-hybridized carbons (Fsp3) is 0.152. The van der Waals surface area contributed by atoms with Crippen molar-refractivity contribution in [3.63, 3.8) is 0 Å². The third kappa shape index (κ3) is 9.80. The first-order chi connectivity index (χ1) is 37.9. The van der Waals surface area contributed by atoms with Crippen molar-refractivity contribution in [2.75, 3.05) is 0 Å². The molecule has 2 amide bonds. The monoisotopic (exact) mass is 1060 g/mol. The molecule has 4 aromatic carbocycles. The van der Waals surface area contributed by atoms with Gasteiger partial charge in [0, 0.05) is 56.8 Å². The second-order valence-corrected chi connectivity index (χ2v) is 21.4. The van der Waals surface area contributed by atoms with Crippen LogP contribution in [0.2, 0.25) is 0 Å². The van der Waals surface area contributed by atoms with Gasteiger partial charge in [-0.05, 0) is 146 Å². The van der Waals surface area contributed by atoms with Crippen molar-refractivity contribution in [1.29, 1.82) is 0 Å². The molecular weight excluding hydrogens is 1000 g/mol. The van der Waals surface area contributed by atoms with E-state index in [0.29, 0.717) is 33.8 Å². The maximum atomic E-state index is 14.3. The zero-order valence-corrected chi connectivity index (χ0v) is 46.2. The number of aryl methyl sites for hydroxylation is 4. The fourth-order valence-corrected chi connectivity index (χ4v) is 12.4. The van der Waals surface area contributed by atoms with Gasteiger partial charge in [0.2, 0.25) is 11.8 Å². The number of hydrogen-bond acceptors (Lipinski definition) is 6. The first-order valence-corrected chi connectivity index (χ1v) is 27.8. The predicted molar refractivity (Wildman–Crippen MR) is 323 cm³/mol. The van der Waals surface area contributed by atoms with E-state index in [1.165, 1.54) is 22.7 Å². The van der Waals surface area contributed by atoms with E-state index in [2.05, 4.69) is 151 Å². The van der Waals surface area contributed by atoms with E-state index in [-0.39, 0.29) is 24.7 Å². The summed E-state index contributed by atoms with van der Waals surface area (Å²) >= 11 is 2.91. The topological polar surface area (TPSA) is 126 Å². The lowest BCUT2D eigenvalue weighted by Crippen LogP contribution is -2.17. The summed E-state index contributed by atoms with van der Waals surface area (Å²) < 4.78 is 4.17. The third-order valence-corrected chi connectivity index (χ3v) is 16.6. The number of fused-ring (bicyclic) bond motifs is 8. The molecule has 0 atom stereocenters. The van der Waals surface area contributed by atoms with E-state index >= 15 is 0 Å². The molecular formula is C66H58N8O2S2. The number of allylic oxidation sites excluding steroid dienone is 4. The number of H-pyrrole nitrogens is 2. The first kappa shape index (κ1) is 51.3. The average Bonchev–Trinajstić information content (AvgIpc) is 4.31. The Kier molecular flexibility index (Phi) is 14.2. The van der Waals surface area contributed by atoms with Crippen LogP contribution in [0.3, 0.4) is 0 Å². The minimum absolute atomic E-state index is 0.143. The van der Waals surface area contributed by atoms with E-state index in [9.17, 15) is 9.59 Å². The molecule has 5 aromatic heterocycles. The SMILES string of the molecule is C=Cc1c(C)c2cc3[nH]c(cc4nc(cc5nc(cc1[nH]2)C(C)=C5CCC(=O)N=c1scc(-c2ccccc2)n1-c1ccccc1C)C(CCC(=O)N=c1scc(-c2ccccc2)n1-c1ccccc1C)=C4C)c(C)c3C=C. The van der Waals surface area contributed by atoms with Gasteiger partial charge in [0.15, 0.2) is 9.60 Å². The maximum Gasteiger partial charge on any atom is 0.248 e. The number of amides is 2. The molecule has 0 unspecified atom stereocenters. The highest BCUT2D eigenvalue weighted by Gasteiger charge is 2.24. The molecule has 0 aliphatic carbocycles. The standard InChI is InChI=1S/C66H58N8O2S2/c1-9-47-41(5)51-33-52-43(7)49(29-31-63(75)71-65-73(59-27-19-17-21-39(59)3)61(37-77-65)45-23-13-11-14-24-45)57(69-52)36-58-50(44(8)54(70-58)35-56-48(10-2)42(6)53(68-56)34-55(47)67-51)30-32-64(76)72-66-74(60-28-20-18-22-40(60)4)62(38-78-66)46-25-15-12-16-26-46/h9-28,33-38,67-68H,1-2,29-32H2,3-8H3. The van der Waals surface area contributed by atoms with Crippen molar-refractivity contribution in [1.82, 2.24) is 29.1 Å². The van der Waals surface area contributed by atoms with Crippen molar-refractivity contribution in [2.45, 2.75) is 67.2 Å². The Labute approximate surface area is 461 Å². The largest absolute Gasteiger partial charge is 0.355 e. The lowest BCUT2D eigenvalue weighted by atomic mass is 9.98. The summed E-state index contributed by atoms with van der Waals surface area (Å²) in [5.74, 6) is -0.480. The van der Waals surface area contributed by atoms with Gasteiger partial charge in [-0.2, -0.15) is 9.98 Å². The molecule has 0 fully saturated rings. The zero-order valence-electron chi connectivity index (χ0n) is 44.6. The van der Waals surface area contributed by atoms with E-state index in [4.69, 9.17) is 20.0 Å². The third-order valence-electron chi connectivity index (χ3n) is 14.9. The van der Waals surface area contributed by atoms with Crippen molar-refractivity contribution in [3.8, 4) is 33.9 Å². The Balaban J connectivity index is 1.02. The summed E-state index contributed by atoms with van der Waals surface area (Å²) in [4.78, 5) is 57.5. The molecule has 0 saturated carbocycles. The number of nitrogens with one attached hydrogen (secondary N) is 2. The van der Waals surface area contributed by atoms with Crippen molar-refractivity contribution in [3.05, 3.63) is 223 Å². The first-order valence-electron chi connectivity index (χ1n) is 26.1. The summed E-state index contributed by atoms with van der Waals surface area (Å²) in [6, 6.07) is 45.0. The van der Waals surface area contributed by atoms with Gasteiger partial charge in [-0.25, -0.2) is 9.97 Å². The van der Waals surface area contributed by atoms with Gasteiger partial charge in [-0.1, -0.05) is 122 Å². The number of para-hydroxylation sites is 2. The normalized spacial score (nSPS) is 12.9. The fourth-order valence-electron chi connectivity index (χ4n) is 10.6. The van der Waals surface area contributed by atoms with Crippen LogP contribution >= 0.6 is 22.7 Å². The molecule has 2 aliphatic rings. The van der Waals surface area contributed by atoms with Gasteiger partial charge < -0.3 is 9.97 Å². The van der Waals surface area contributed by atoms with Crippen molar-refractivity contribution >= 4 is 91.0 Å². The summed E-state index contributed by atoms with van der Waals surface area (Å²) in [6.07, 6.45) is 4.81. The Bertz CT molecular complexity index is 4300. The smallest absolute Gasteiger partial charge is 0.248 e. The van der Waals surface area contributed by atoms with Crippen LogP contribution in [0.25, 0.3) is 90.4 Å². The molecule has 8 bridgehead atoms. The van der Waals surface area contributed by atoms with Crippen LogP contribution in [0.1, 0.15) is 95.7 Å². The Morgan fingerprint density at radius 3 is 1.35 bits per heavy atom. The number of hydrogen-bond donors (Lipinski definition) is 2. The molecule has 10 nitrogen and oxygen atoms in total. The quantitative estimate of drug-likeness (QED) is 0.126. The molecule has 12 heteroatoms. The average molecular weight is 1060 g/mol. The van der Waals surface area contributed by atoms with Gasteiger partial charge in [0.25, 0.3) is 0 Å².